The molecule has 0 amide bonds. The van der Waals surface area contributed by atoms with Crippen molar-refractivity contribution >= 4 is 27.4 Å². The third-order valence-electron chi connectivity index (χ3n) is 4.09. The minimum atomic E-state index is 0.438. The monoisotopic (exact) mass is 277 g/mol. The Morgan fingerprint density at radius 2 is 1.89 bits per heavy atom. The van der Waals surface area contributed by atoms with Crippen LogP contribution in [0.3, 0.4) is 0 Å². The normalized spacial score (nSPS) is 13.2. The Hall–Kier alpha value is -1.16. The highest BCUT2D eigenvalue weighted by atomic mass is 32.1. The molecule has 0 aromatic carbocycles. The van der Waals surface area contributed by atoms with Crippen LogP contribution in [-0.2, 0) is 0 Å². The van der Waals surface area contributed by atoms with E-state index < -0.39 is 0 Å². The number of nitrogens with one attached hydrogen (secondary N) is 1. The summed E-state index contributed by atoms with van der Waals surface area (Å²) in [4.78, 5) is 11.3. The van der Waals surface area contributed by atoms with Crippen molar-refractivity contribution in [3.63, 3.8) is 0 Å². The number of aryl methyl sites for hydroxylation is 2. The van der Waals surface area contributed by atoms with Gasteiger partial charge in [0.15, 0.2) is 0 Å². The van der Waals surface area contributed by atoms with Gasteiger partial charge in [-0.2, -0.15) is 0 Å². The second-order valence-electron chi connectivity index (χ2n) is 5.20. The first kappa shape index (κ1) is 14.3. The largest absolute Gasteiger partial charge is 0.367 e. The van der Waals surface area contributed by atoms with Crippen molar-refractivity contribution in [1.82, 2.24) is 9.97 Å². The molecule has 0 aliphatic rings. The van der Waals surface area contributed by atoms with Gasteiger partial charge in [-0.15, -0.1) is 11.3 Å². The van der Waals surface area contributed by atoms with Crippen LogP contribution in [0.15, 0.2) is 6.33 Å². The smallest absolute Gasteiger partial charge is 0.138 e. The van der Waals surface area contributed by atoms with Crippen LogP contribution in [0.2, 0.25) is 0 Å². The van der Waals surface area contributed by atoms with E-state index in [1.165, 1.54) is 28.7 Å². The molecule has 2 aromatic rings. The minimum Gasteiger partial charge on any atom is -0.367 e. The van der Waals surface area contributed by atoms with Gasteiger partial charge in [-0.3, -0.25) is 0 Å². The maximum atomic E-state index is 4.46. The van der Waals surface area contributed by atoms with Crippen LogP contribution in [0.1, 0.15) is 44.1 Å². The van der Waals surface area contributed by atoms with Crippen LogP contribution in [0, 0.1) is 19.8 Å². The van der Waals surface area contributed by atoms with Crippen LogP contribution in [0.5, 0.6) is 0 Å². The molecule has 0 aliphatic carbocycles. The van der Waals surface area contributed by atoms with E-state index in [0.29, 0.717) is 12.0 Å². The zero-order chi connectivity index (χ0) is 14.0. The number of anilines is 1. The molecule has 2 aromatic heterocycles. The summed E-state index contributed by atoms with van der Waals surface area (Å²) in [6.45, 7) is 11.1. The van der Waals surface area contributed by atoms with Crippen molar-refractivity contribution in [2.45, 2.75) is 53.5 Å². The third kappa shape index (κ3) is 2.73. The average molecular weight is 277 g/mol. The molecular weight excluding hydrogens is 254 g/mol. The van der Waals surface area contributed by atoms with E-state index in [1.807, 2.05) is 0 Å². The van der Waals surface area contributed by atoms with Crippen LogP contribution < -0.4 is 5.32 Å². The fourth-order valence-corrected chi connectivity index (χ4v) is 3.62. The van der Waals surface area contributed by atoms with Gasteiger partial charge >= 0.3 is 0 Å². The second kappa shape index (κ2) is 5.87. The van der Waals surface area contributed by atoms with Gasteiger partial charge in [0.05, 0.1) is 5.39 Å². The molecule has 104 valence electrons. The van der Waals surface area contributed by atoms with Crippen molar-refractivity contribution < 1.29 is 0 Å². The summed E-state index contributed by atoms with van der Waals surface area (Å²) in [7, 11) is 0. The maximum Gasteiger partial charge on any atom is 0.138 e. The molecule has 19 heavy (non-hydrogen) atoms. The molecule has 3 nitrogen and oxygen atoms in total. The molecule has 0 spiro atoms. The molecule has 1 atom stereocenters. The van der Waals surface area contributed by atoms with Gasteiger partial charge in [-0.05, 0) is 32.3 Å². The van der Waals surface area contributed by atoms with Gasteiger partial charge in [0.1, 0.15) is 17.0 Å². The Morgan fingerprint density at radius 1 is 1.21 bits per heavy atom. The molecule has 2 rings (SSSR count). The highest BCUT2D eigenvalue weighted by Gasteiger charge is 2.17. The van der Waals surface area contributed by atoms with Crippen LogP contribution in [-0.4, -0.2) is 16.0 Å². The van der Waals surface area contributed by atoms with Crippen molar-refractivity contribution in [2.24, 2.45) is 5.92 Å². The number of rotatable bonds is 5. The molecule has 0 radical (unpaired) electrons. The van der Waals surface area contributed by atoms with E-state index in [2.05, 4.69) is 49.9 Å². The van der Waals surface area contributed by atoms with E-state index in [-0.39, 0.29) is 0 Å². The molecule has 4 heteroatoms. The summed E-state index contributed by atoms with van der Waals surface area (Å²) in [5, 5.41) is 4.79. The SMILES string of the molecule is CCC(CC)C(C)Nc1ncnc2sc(C)c(C)c12. The Bertz CT molecular complexity index is 558. The predicted molar refractivity (Wildman–Crippen MR) is 84.0 cm³/mol. The molecule has 0 saturated heterocycles. The Labute approximate surface area is 119 Å². The zero-order valence-electron chi connectivity index (χ0n) is 12.4. The molecule has 1 N–H and O–H groups in total. The number of aromatic nitrogens is 2. The Morgan fingerprint density at radius 3 is 2.53 bits per heavy atom. The molecule has 0 bridgehead atoms. The van der Waals surface area contributed by atoms with Crippen molar-refractivity contribution in [1.29, 1.82) is 0 Å². The van der Waals surface area contributed by atoms with Crippen molar-refractivity contribution in [2.75, 3.05) is 5.32 Å². The summed E-state index contributed by atoms with van der Waals surface area (Å²) in [6, 6.07) is 0.438. The van der Waals surface area contributed by atoms with Gasteiger partial charge in [-0.25, -0.2) is 9.97 Å². The highest BCUT2D eigenvalue weighted by Crippen LogP contribution is 2.33. The third-order valence-corrected chi connectivity index (χ3v) is 5.20. The first-order valence-corrected chi connectivity index (χ1v) is 7.87. The quantitative estimate of drug-likeness (QED) is 0.871. The van der Waals surface area contributed by atoms with Gasteiger partial charge in [0, 0.05) is 10.9 Å². The first-order valence-electron chi connectivity index (χ1n) is 7.05. The Kier molecular flexibility index (Phi) is 4.40. The summed E-state index contributed by atoms with van der Waals surface area (Å²) < 4.78 is 0. The van der Waals surface area contributed by atoms with Crippen LogP contribution in [0.25, 0.3) is 10.2 Å². The van der Waals surface area contributed by atoms with E-state index in [9.17, 15) is 0 Å². The minimum absolute atomic E-state index is 0.438. The van der Waals surface area contributed by atoms with Crippen LogP contribution in [0.4, 0.5) is 5.82 Å². The second-order valence-corrected chi connectivity index (χ2v) is 6.40. The summed E-state index contributed by atoms with van der Waals surface area (Å²) in [6.07, 6.45) is 4.06. The lowest BCUT2D eigenvalue weighted by Gasteiger charge is -2.23. The molecule has 1 unspecified atom stereocenters. The number of thiophene rings is 1. The first-order chi connectivity index (χ1) is 9.08. The fraction of sp³-hybridized carbons (Fsp3) is 0.600. The Balaban J connectivity index is 2.35. The van der Waals surface area contributed by atoms with E-state index in [0.717, 1.165) is 10.6 Å². The van der Waals surface area contributed by atoms with Gasteiger partial charge in [0.25, 0.3) is 0 Å². The maximum absolute atomic E-state index is 4.46. The van der Waals surface area contributed by atoms with E-state index in [1.54, 1.807) is 17.7 Å². The molecule has 0 fully saturated rings. The van der Waals surface area contributed by atoms with Crippen LogP contribution >= 0.6 is 11.3 Å². The fourth-order valence-electron chi connectivity index (χ4n) is 2.62. The predicted octanol–water partition coefficient (Wildman–Crippen LogP) is 4.54. The van der Waals surface area contributed by atoms with Gasteiger partial charge in [-0.1, -0.05) is 26.7 Å². The number of nitrogens with zero attached hydrogens (tertiary/aromatic N) is 2. The van der Waals surface area contributed by atoms with Gasteiger partial charge < -0.3 is 5.32 Å². The van der Waals surface area contributed by atoms with E-state index >= 15 is 0 Å². The number of hydrogen-bond acceptors (Lipinski definition) is 4. The molecule has 0 saturated carbocycles. The lowest BCUT2D eigenvalue weighted by molar-refractivity contribution is 0.437. The zero-order valence-corrected chi connectivity index (χ0v) is 13.3. The number of hydrogen-bond donors (Lipinski definition) is 1. The topological polar surface area (TPSA) is 37.8 Å². The van der Waals surface area contributed by atoms with Gasteiger partial charge in [0.2, 0.25) is 0 Å². The van der Waals surface area contributed by atoms with Crippen molar-refractivity contribution in [3.8, 4) is 0 Å². The molecular formula is C15H23N3S. The summed E-state index contributed by atoms with van der Waals surface area (Å²) in [5.74, 6) is 1.68. The lowest BCUT2D eigenvalue weighted by Crippen LogP contribution is -2.25. The summed E-state index contributed by atoms with van der Waals surface area (Å²) >= 11 is 1.75. The lowest BCUT2D eigenvalue weighted by atomic mass is 9.95. The highest BCUT2D eigenvalue weighted by molar-refractivity contribution is 7.18. The van der Waals surface area contributed by atoms with E-state index in [4.69, 9.17) is 0 Å². The number of fused-ring (bicyclic) bond motifs is 1. The average Bonchev–Trinajstić information content (AvgIpc) is 2.67. The molecule has 2 heterocycles. The molecule has 0 aliphatic heterocycles. The standard InChI is InChI=1S/C15H23N3S/c1-6-12(7-2)10(4)18-14-13-9(3)11(5)19-15(13)17-8-16-14/h8,10,12H,6-7H2,1-5H3,(H,16,17,18). The summed E-state index contributed by atoms with van der Waals surface area (Å²) in [5.41, 5.74) is 1.31. The van der Waals surface area contributed by atoms with Crippen molar-refractivity contribution in [3.05, 3.63) is 16.8 Å².